The van der Waals surface area contributed by atoms with E-state index in [1.807, 2.05) is 0 Å². The van der Waals surface area contributed by atoms with Crippen LogP contribution in [0.4, 0.5) is 4.39 Å². The molecule has 0 spiro atoms. The summed E-state index contributed by atoms with van der Waals surface area (Å²) in [5.74, 6) is -0.662. The molecule has 0 aliphatic carbocycles. The number of rotatable bonds is 6. The quantitative estimate of drug-likeness (QED) is 0.435. The monoisotopic (exact) mass is 488 g/mol. The molecule has 1 atom stereocenters. The molecule has 2 heterocycles. The molecule has 1 fully saturated rings. The first-order valence-corrected chi connectivity index (χ1v) is 11.7. The number of hydrogen-bond acceptors (Lipinski definition) is 5. The van der Waals surface area contributed by atoms with Gasteiger partial charge in [-0.1, -0.05) is 30.3 Å². The number of ether oxygens (including phenoxy) is 1. The number of halogens is 1. The van der Waals surface area contributed by atoms with E-state index >= 15 is 0 Å². The summed E-state index contributed by atoms with van der Waals surface area (Å²) in [5, 5.41) is 3.25. The summed E-state index contributed by atoms with van der Waals surface area (Å²) in [4.78, 5) is 43.6. The molecule has 2 N–H and O–H groups in total. The highest BCUT2D eigenvalue weighted by Gasteiger charge is 2.23. The van der Waals surface area contributed by atoms with Crippen molar-refractivity contribution in [1.82, 2.24) is 19.8 Å². The summed E-state index contributed by atoms with van der Waals surface area (Å²) in [6.45, 7) is 2.87. The van der Waals surface area contributed by atoms with E-state index in [0.29, 0.717) is 49.5 Å². The number of nitrogens with one attached hydrogen (secondary N) is 2. The van der Waals surface area contributed by atoms with Gasteiger partial charge >= 0.3 is 5.69 Å². The van der Waals surface area contributed by atoms with Gasteiger partial charge in [0.05, 0.1) is 35.8 Å². The second-order valence-electron chi connectivity index (χ2n) is 8.59. The van der Waals surface area contributed by atoms with Crippen LogP contribution in [0.3, 0.4) is 0 Å². The number of aromatic nitrogens is 2. The summed E-state index contributed by atoms with van der Waals surface area (Å²) < 4.78 is 20.0. The molecule has 1 amide bonds. The second kappa shape index (κ2) is 10.3. The zero-order valence-electron chi connectivity index (χ0n) is 19.4. The number of nitrogens with zero attached hydrogens (tertiary/aromatic N) is 2. The van der Waals surface area contributed by atoms with Gasteiger partial charge in [-0.2, -0.15) is 0 Å². The number of carbonyl (C=O) groups is 1. The van der Waals surface area contributed by atoms with Crippen LogP contribution in [-0.2, 0) is 4.74 Å². The Bertz CT molecular complexity index is 1490. The van der Waals surface area contributed by atoms with Crippen molar-refractivity contribution in [3.8, 4) is 5.69 Å². The van der Waals surface area contributed by atoms with Crippen molar-refractivity contribution in [1.29, 1.82) is 0 Å². The molecule has 3 aromatic carbocycles. The van der Waals surface area contributed by atoms with E-state index in [0.717, 1.165) is 10.1 Å². The summed E-state index contributed by atoms with van der Waals surface area (Å²) in [6.07, 6.45) is 0. The van der Waals surface area contributed by atoms with E-state index in [1.165, 1.54) is 18.2 Å². The fourth-order valence-electron chi connectivity index (χ4n) is 4.49. The molecule has 8 nitrogen and oxygen atoms in total. The molecule has 36 heavy (non-hydrogen) atoms. The first-order chi connectivity index (χ1) is 17.5. The van der Waals surface area contributed by atoms with E-state index in [2.05, 4.69) is 15.2 Å². The van der Waals surface area contributed by atoms with Crippen LogP contribution in [0.25, 0.3) is 16.6 Å². The Hall–Kier alpha value is -4.08. The lowest BCUT2D eigenvalue weighted by Crippen LogP contribution is -2.43. The minimum absolute atomic E-state index is 0.156. The molecule has 0 bridgehead atoms. The highest BCUT2D eigenvalue weighted by atomic mass is 19.1. The lowest BCUT2D eigenvalue weighted by molar-refractivity contribution is 0.0162. The van der Waals surface area contributed by atoms with Gasteiger partial charge in [0.25, 0.3) is 11.5 Å². The van der Waals surface area contributed by atoms with Gasteiger partial charge in [-0.25, -0.2) is 13.8 Å². The average molecular weight is 489 g/mol. The maximum Gasteiger partial charge on any atom is 0.333 e. The van der Waals surface area contributed by atoms with Gasteiger partial charge in [-0.3, -0.25) is 14.5 Å². The predicted molar refractivity (Wildman–Crippen MR) is 134 cm³/mol. The van der Waals surface area contributed by atoms with Crippen LogP contribution in [0.15, 0.2) is 82.4 Å². The normalized spacial score (nSPS) is 15.0. The smallest absolute Gasteiger partial charge is 0.333 e. The van der Waals surface area contributed by atoms with E-state index in [4.69, 9.17) is 4.74 Å². The minimum Gasteiger partial charge on any atom is -0.379 e. The van der Waals surface area contributed by atoms with Gasteiger partial charge in [0.15, 0.2) is 0 Å². The Morgan fingerprint density at radius 3 is 2.44 bits per heavy atom. The zero-order valence-corrected chi connectivity index (χ0v) is 19.4. The topological polar surface area (TPSA) is 96.4 Å². The first kappa shape index (κ1) is 23.7. The van der Waals surface area contributed by atoms with Gasteiger partial charge in [0, 0.05) is 25.2 Å². The highest BCUT2D eigenvalue weighted by molar-refractivity contribution is 5.97. The molecule has 1 aliphatic rings. The number of para-hydroxylation sites is 1. The summed E-state index contributed by atoms with van der Waals surface area (Å²) in [6, 6.07) is 19.4. The van der Waals surface area contributed by atoms with Crippen molar-refractivity contribution >= 4 is 16.8 Å². The fourth-order valence-corrected chi connectivity index (χ4v) is 4.49. The Morgan fingerprint density at radius 1 is 1.00 bits per heavy atom. The number of morpholine rings is 1. The second-order valence-corrected chi connectivity index (χ2v) is 8.59. The molecule has 184 valence electrons. The summed E-state index contributed by atoms with van der Waals surface area (Å²) >= 11 is 0. The molecule has 0 saturated carbocycles. The standard InChI is InChI=1S/C27H25FN4O4/c28-20-9-6-18(7-10-20)24(31-12-14-36-15-13-31)17-29-25(33)19-8-11-22-23(16-19)30-27(35)32(26(22)34)21-4-2-1-3-5-21/h1-11,16,24H,12-15,17H2,(H,29,33)(H,30,35). The molecule has 1 saturated heterocycles. The number of fused-ring (bicyclic) bond motifs is 1. The maximum absolute atomic E-state index is 13.5. The van der Waals surface area contributed by atoms with Crippen LogP contribution in [0.1, 0.15) is 22.0 Å². The first-order valence-electron chi connectivity index (χ1n) is 11.7. The molecule has 1 aromatic heterocycles. The number of amides is 1. The minimum atomic E-state index is -0.583. The van der Waals surface area contributed by atoms with Crippen molar-refractivity contribution in [2.24, 2.45) is 0 Å². The summed E-state index contributed by atoms with van der Waals surface area (Å²) in [7, 11) is 0. The van der Waals surface area contributed by atoms with E-state index in [-0.39, 0.29) is 23.3 Å². The molecular weight excluding hydrogens is 463 g/mol. The van der Waals surface area contributed by atoms with Crippen LogP contribution in [0.2, 0.25) is 0 Å². The summed E-state index contributed by atoms with van der Waals surface area (Å²) in [5.41, 5.74) is 0.906. The third-order valence-electron chi connectivity index (χ3n) is 6.37. The maximum atomic E-state index is 13.5. The van der Waals surface area contributed by atoms with Crippen LogP contribution in [-0.4, -0.2) is 53.2 Å². The average Bonchev–Trinajstić information content (AvgIpc) is 2.90. The number of aromatic amines is 1. The molecule has 4 aromatic rings. The third kappa shape index (κ3) is 4.84. The van der Waals surface area contributed by atoms with Crippen LogP contribution in [0, 0.1) is 5.82 Å². The van der Waals surface area contributed by atoms with Gasteiger partial charge in [-0.15, -0.1) is 0 Å². The van der Waals surface area contributed by atoms with Gasteiger partial charge in [0.1, 0.15) is 5.82 Å². The van der Waals surface area contributed by atoms with Crippen molar-refractivity contribution in [2.45, 2.75) is 6.04 Å². The van der Waals surface area contributed by atoms with Gasteiger partial charge < -0.3 is 15.0 Å². The molecule has 9 heteroatoms. The Morgan fingerprint density at radius 2 is 1.72 bits per heavy atom. The Labute approximate surface area is 205 Å². The SMILES string of the molecule is O=C(NCC(c1ccc(F)cc1)N1CCOCC1)c1ccc2c(=O)n(-c3ccccc3)c(=O)[nH]c2c1. The number of benzene rings is 3. The van der Waals surface area contributed by atoms with E-state index in [9.17, 15) is 18.8 Å². The molecular formula is C27H25FN4O4. The molecule has 1 aliphatic heterocycles. The van der Waals surface area contributed by atoms with Crippen molar-refractivity contribution in [2.75, 3.05) is 32.8 Å². The number of carbonyl (C=O) groups excluding carboxylic acids is 1. The van der Waals surface area contributed by atoms with Crippen molar-refractivity contribution in [3.63, 3.8) is 0 Å². The third-order valence-corrected chi connectivity index (χ3v) is 6.37. The van der Waals surface area contributed by atoms with E-state index < -0.39 is 11.2 Å². The highest BCUT2D eigenvalue weighted by Crippen LogP contribution is 2.22. The lowest BCUT2D eigenvalue weighted by Gasteiger charge is -2.35. The molecule has 0 radical (unpaired) electrons. The lowest BCUT2D eigenvalue weighted by atomic mass is 10.0. The molecule has 5 rings (SSSR count). The number of hydrogen-bond donors (Lipinski definition) is 2. The van der Waals surface area contributed by atoms with Crippen LogP contribution >= 0.6 is 0 Å². The largest absolute Gasteiger partial charge is 0.379 e. The van der Waals surface area contributed by atoms with E-state index in [1.54, 1.807) is 54.6 Å². The Kier molecular flexibility index (Phi) is 6.75. The van der Waals surface area contributed by atoms with Gasteiger partial charge in [0.2, 0.25) is 0 Å². The fraction of sp³-hybridized carbons (Fsp3) is 0.222. The van der Waals surface area contributed by atoms with Crippen molar-refractivity contribution in [3.05, 3.63) is 111 Å². The predicted octanol–water partition coefficient (Wildman–Crippen LogP) is 2.62. The Balaban J connectivity index is 1.39. The van der Waals surface area contributed by atoms with Crippen molar-refractivity contribution < 1.29 is 13.9 Å². The number of H-pyrrole nitrogens is 1. The van der Waals surface area contributed by atoms with Crippen LogP contribution in [0.5, 0.6) is 0 Å². The van der Waals surface area contributed by atoms with Crippen LogP contribution < -0.4 is 16.6 Å². The molecule has 1 unspecified atom stereocenters. The zero-order chi connectivity index (χ0) is 25.1. The van der Waals surface area contributed by atoms with Gasteiger partial charge in [-0.05, 0) is 48.0 Å².